The summed E-state index contributed by atoms with van der Waals surface area (Å²) < 4.78 is 54.1. The molecule has 4 aliphatic rings. The van der Waals surface area contributed by atoms with Crippen molar-refractivity contribution >= 4 is 52.5 Å². The molecule has 5 aromatic rings. The fraction of sp³-hybridized carbons (Fsp3) is 0.434. The van der Waals surface area contributed by atoms with Crippen LogP contribution in [0, 0.1) is 6.92 Å². The molecule has 0 aliphatic carbocycles. The fourth-order valence-electron chi connectivity index (χ4n) is 9.79. The summed E-state index contributed by atoms with van der Waals surface area (Å²) in [5.74, 6) is -3.31. The first kappa shape index (κ1) is 52.3. The lowest BCUT2D eigenvalue weighted by atomic mass is 10.0. The number of fused-ring (bicyclic) bond motifs is 1. The molecule has 394 valence electrons. The van der Waals surface area contributed by atoms with Gasteiger partial charge < -0.3 is 25.0 Å². The number of hydrogen-bond donors (Lipinski definition) is 3. The SMILES string of the molecule is Cc1nc(OC2CCOCC2)c(NC(=O)c2cccc(C(F)(F)F)c2)cc1-c1cncc(N2CCN(CCCCc3cn(CCCCCC(=O)Nc4cccc5c4C(=O)N(C4CCC(=O)NC4=O)C5=O)nn3)CC2)c1. The lowest BCUT2D eigenvalue weighted by molar-refractivity contribution is -0.138. The summed E-state index contributed by atoms with van der Waals surface area (Å²) in [4.78, 5) is 91.8. The highest BCUT2D eigenvalue weighted by molar-refractivity contribution is 6.26. The Balaban J connectivity index is 0.701. The van der Waals surface area contributed by atoms with E-state index >= 15 is 0 Å². The van der Waals surface area contributed by atoms with Crippen molar-refractivity contribution in [1.82, 2.24) is 40.1 Å². The Morgan fingerprint density at radius 1 is 0.840 bits per heavy atom. The molecule has 3 aromatic heterocycles. The van der Waals surface area contributed by atoms with Crippen molar-refractivity contribution in [2.45, 2.75) is 102 Å². The molecule has 4 aliphatic heterocycles. The van der Waals surface area contributed by atoms with Gasteiger partial charge in [0, 0.05) is 93.2 Å². The van der Waals surface area contributed by atoms with E-state index in [4.69, 9.17) is 14.5 Å². The Kier molecular flexibility index (Phi) is 16.2. The molecule has 22 heteroatoms. The second-order valence-electron chi connectivity index (χ2n) is 19.2. The van der Waals surface area contributed by atoms with E-state index in [9.17, 15) is 41.9 Å². The number of nitrogens with one attached hydrogen (secondary N) is 3. The maximum absolute atomic E-state index is 13.5. The number of rotatable bonds is 19. The summed E-state index contributed by atoms with van der Waals surface area (Å²) in [6.07, 6.45) is 7.09. The summed E-state index contributed by atoms with van der Waals surface area (Å²) in [7, 11) is 0. The van der Waals surface area contributed by atoms with Crippen LogP contribution in [0.25, 0.3) is 11.1 Å². The number of anilines is 3. The van der Waals surface area contributed by atoms with E-state index in [1.807, 2.05) is 30.1 Å². The minimum atomic E-state index is -4.61. The van der Waals surface area contributed by atoms with Crippen LogP contribution < -0.4 is 25.6 Å². The number of alkyl halides is 3. The summed E-state index contributed by atoms with van der Waals surface area (Å²) in [6, 6.07) is 11.6. The molecule has 3 saturated heterocycles. The van der Waals surface area contributed by atoms with Crippen LogP contribution in [0.2, 0.25) is 0 Å². The number of aryl methyl sites for hydroxylation is 3. The Bertz CT molecular complexity index is 2950. The smallest absolute Gasteiger partial charge is 0.416 e. The summed E-state index contributed by atoms with van der Waals surface area (Å²) in [5.41, 5.74) is 3.46. The zero-order chi connectivity index (χ0) is 52.6. The molecule has 6 amide bonds. The Morgan fingerprint density at radius 3 is 2.41 bits per heavy atom. The van der Waals surface area contributed by atoms with Crippen molar-refractivity contribution in [3.05, 3.63) is 107 Å². The Hall–Kier alpha value is -7.59. The quantitative estimate of drug-likeness (QED) is 0.0585. The van der Waals surface area contributed by atoms with Crippen LogP contribution in [0.1, 0.15) is 112 Å². The minimum absolute atomic E-state index is 0.0134. The number of amides is 6. The highest BCUT2D eigenvalue weighted by Gasteiger charge is 2.46. The predicted molar refractivity (Wildman–Crippen MR) is 268 cm³/mol. The molecule has 0 spiro atoms. The van der Waals surface area contributed by atoms with Gasteiger partial charge in [-0.2, -0.15) is 13.2 Å². The van der Waals surface area contributed by atoms with E-state index in [2.05, 4.69) is 41.0 Å². The van der Waals surface area contributed by atoms with Crippen molar-refractivity contribution in [3.63, 3.8) is 0 Å². The van der Waals surface area contributed by atoms with Crippen LogP contribution in [-0.4, -0.2) is 128 Å². The molecule has 19 nitrogen and oxygen atoms in total. The number of aromatic nitrogens is 5. The molecule has 7 heterocycles. The topological polar surface area (TPSA) is 223 Å². The molecule has 3 N–H and O–H groups in total. The first-order valence-electron chi connectivity index (χ1n) is 25.4. The van der Waals surface area contributed by atoms with Gasteiger partial charge in [-0.1, -0.05) is 23.8 Å². The third-order valence-corrected chi connectivity index (χ3v) is 13.9. The molecular weight excluding hydrogens is 976 g/mol. The number of unbranched alkanes of at least 4 members (excludes halogenated alkanes) is 3. The molecule has 1 atom stereocenters. The summed E-state index contributed by atoms with van der Waals surface area (Å²) in [6.45, 7) is 7.79. The predicted octanol–water partition coefficient (Wildman–Crippen LogP) is 6.62. The van der Waals surface area contributed by atoms with E-state index in [-0.39, 0.29) is 65.2 Å². The molecule has 3 fully saturated rings. The number of carbonyl (C=O) groups excluding carboxylic acids is 6. The molecule has 0 saturated carbocycles. The number of benzene rings is 2. The van der Waals surface area contributed by atoms with Crippen LogP contribution in [0.4, 0.5) is 30.2 Å². The molecule has 2 aromatic carbocycles. The van der Waals surface area contributed by atoms with Crippen molar-refractivity contribution in [2.75, 3.05) is 61.5 Å². The third kappa shape index (κ3) is 12.7. The van der Waals surface area contributed by atoms with Crippen molar-refractivity contribution < 1.29 is 51.4 Å². The molecule has 0 bridgehead atoms. The average molecular weight is 1030 g/mol. The van der Waals surface area contributed by atoms with Crippen LogP contribution in [0.15, 0.2) is 73.2 Å². The van der Waals surface area contributed by atoms with Gasteiger partial charge in [-0.15, -0.1) is 5.10 Å². The lowest BCUT2D eigenvalue weighted by Crippen LogP contribution is -2.54. The van der Waals surface area contributed by atoms with Gasteiger partial charge in [-0.05, 0) is 94.5 Å². The number of imide groups is 2. The van der Waals surface area contributed by atoms with Crippen LogP contribution in [0.3, 0.4) is 0 Å². The Morgan fingerprint density at radius 2 is 1.63 bits per heavy atom. The number of nitrogens with zero attached hydrogens (tertiary/aromatic N) is 8. The number of hydrogen-bond acceptors (Lipinski definition) is 14. The highest BCUT2D eigenvalue weighted by atomic mass is 19.4. The normalized spacial score (nSPS) is 17.5. The Labute approximate surface area is 430 Å². The summed E-state index contributed by atoms with van der Waals surface area (Å²) >= 11 is 0. The fourth-order valence-corrected chi connectivity index (χ4v) is 9.79. The van der Waals surface area contributed by atoms with Crippen molar-refractivity contribution in [2.24, 2.45) is 0 Å². The van der Waals surface area contributed by atoms with E-state index in [1.54, 1.807) is 24.4 Å². The third-order valence-electron chi connectivity index (χ3n) is 13.9. The largest absolute Gasteiger partial charge is 0.473 e. The number of pyridine rings is 2. The number of ether oxygens (including phenoxy) is 2. The van der Waals surface area contributed by atoms with Gasteiger partial charge in [0.05, 0.1) is 53.2 Å². The number of piperidine rings is 1. The van der Waals surface area contributed by atoms with Gasteiger partial charge in [-0.3, -0.25) is 53.5 Å². The standard InChI is InChI=1S/C53H58F3N11O8/c1-33-41(29-43(50(58-33)75-39-17-25-74-26-18-39)60-48(70)34-9-7-10-36(27-34)53(54,55)56)35-28-38(31-57-30-35)65-23-21-64(22-24-65)19-6-4-11-37-32-66(63-62-37)20-5-2-3-14-45(68)59-42-13-8-12-40-47(42)52(73)67(51(40)72)44-15-16-46(69)61-49(44)71/h7-10,12-13,27-32,39,44H,2-6,11,14-26H2,1H3,(H,59,68)(H,60,70)(H,61,69,71). The average Bonchev–Trinajstić information content (AvgIpc) is 4.00. The number of carbonyl (C=O) groups is 6. The van der Waals surface area contributed by atoms with Crippen molar-refractivity contribution in [1.29, 1.82) is 0 Å². The zero-order valence-corrected chi connectivity index (χ0v) is 41.5. The zero-order valence-electron chi connectivity index (χ0n) is 41.5. The van der Waals surface area contributed by atoms with Gasteiger partial charge in [0.2, 0.25) is 23.6 Å². The molecule has 1 unspecified atom stereocenters. The molecule has 9 rings (SSSR count). The van der Waals surface area contributed by atoms with Crippen LogP contribution >= 0.6 is 0 Å². The number of halogens is 3. The molecule has 75 heavy (non-hydrogen) atoms. The van der Waals surface area contributed by atoms with Crippen LogP contribution in [-0.2, 0) is 38.3 Å². The maximum Gasteiger partial charge on any atom is 0.416 e. The second-order valence-corrected chi connectivity index (χ2v) is 19.2. The molecule has 0 radical (unpaired) electrons. The highest BCUT2D eigenvalue weighted by Crippen LogP contribution is 2.36. The van der Waals surface area contributed by atoms with Crippen LogP contribution in [0.5, 0.6) is 5.88 Å². The van der Waals surface area contributed by atoms with E-state index in [0.29, 0.717) is 50.3 Å². The lowest BCUT2D eigenvalue weighted by Gasteiger charge is -2.36. The minimum Gasteiger partial charge on any atom is -0.473 e. The van der Waals surface area contributed by atoms with E-state index in [0.717, 1.165) is 98.8 Å². The molecular formula is C53H58F3N11O8. The van der Waals surface area contributed by atoms with E-state index < -0.39 is 47.3 Å². The van der Waals surface area contributed by atoms with Gasteiger partial charge in [-0.25, -0.2) is 4.98 Å². The van der Waals surface area contributed by atoms with Gasteiger partial charge in [0.15, 0.2) is 0 Å². The maximum atomic E-state index is 13.5. The van der Waals surface area contributed by atoms with Gasteiger partial charge in [0.25, 0.3) is 17.7 Å². The van der Waals surface area contributed by atoms with Gasteiger partial charge in [0.1, 0.15) is 17.8 Å². The van der Waals surface area contributed by atoms with Crippen molar-refractivity contribution in [3.8, 4) is 17.0 Å². The summed E-state index contributed by atoms with van der Waals surface area (Å²) in [5, 5.41) is 16.4. The van der Waals surface area contributed by atoms with E-state index in [1.165, 1.54) is 18.2 Å². The first-order chi connectivity index (χ1) is 36.2. The van der Waals surface area contributed by atoms with Gasteiger partial charge >= 0.3 is 6.18 Å². The second kappa shape index (κ2) is 23.3. The first-order valence-corrected chi connectivity index (χ1v) is 25.4. The monoisotopic (exact) mass is 1030 g/mol. The number of piperazine rings is 1.